The first-order valence-corrected chi connectivity index (χ1v) is 4.40. The summed E-state index contributed by atoms with van der Waals surface area (Å²) in [5.41, 5.74) is 0.552. The van der Waals surface area contributed by atoms with Crippen molar-refractivity contribution in [3.63, 3.8) is 0 Å². The zero-order chi connectivity index (χ0) is 7.61. The molecule has 0 aromatic heterocycles. The van der Waals surface area contributed by atoms with E-state index >= 15 is 0 Å². The van der Waals surface area contributed by atoms with E-state index in [4.69, 9.17) is 0 Å². The molecule has 0 amide bonds. The van der Waals surface area contributed by atoms with Crippen LogP contribution in [-0.2, 0) is 0 Å². The number of halogens is 1. The maximum atomic E-state index is 3.53. The first-order chi connectivity index (χ1) is 4.67. The second-order valence-corrected chi connectivity index (χ2v) is 3.99. The average Bonchev–Trinajstić information content (AvgIpc) is 2.13. The van der Waals surface area contributed by atoms with E-state index in [2.05, 4.69) is 26.1 Å². The van der Waals surface area contributed by atoms with Gasteiger partial charge in [-0.15, -0.1) is 12.4 Å². The van der Waals surface area contributed by atoms with Gasteiger partial charge in [0, 0.05) is 6.04 Å². The quantitative estimate of drug-likeness (QED) is 0.684. The van der Waals surface area contributed by atoms with Gasteiger partial charge in [-0.1, -0.05) is 27.2 Å². The lowest BCUT2D eigenvalue weighted by Crippen LogP contribution is -2.37. The topological polar surface area (TPSA) is 12.0 Å². The Morgan fingerprint density at radius 1 is 1.45 bits per heavy atom. The molecule has 1 N–H and O–H groups in total. The number of hydrogen-bond acceptors (Lipinski definition) is 1. The van der Waals surface area contributed by atoms with E-state index in [1.165, 1.54) is 19.3 Å². The molecule has 1 nitrogen and oxygen atoms in total. The maximum absolute atomic E-state index is 3.53. The molecule has 2 heteroatoms. The van der Waals surface area contributed by atoms with Crippen LogP contribution >= 0.6 is 12.4 Å². The van der Waals surface area contributed by atoms with Crippen LogP contribution < -0.4 is 5.32 Å². The van der Waals surface area contributed by atoms with Gasteiger partial charge in [0.2, 0.25) is 0 Å². The van der Waals surface area contributed by atoms with Gasteiger partial charge < -0.3 is 5.32 Å². The van der Waals surface area contributed by atoms with Crippen LogP contribution in [0.4, 0.5) is 0 Å². The Balaban J connectivity index is 0.000001000. The summed E-state index contributed by atoms with van der Waals surface area (Å²) >= 11 is 0. The lowest BCUT2D eigenvalue weighted by atomic mass is 9.87. The van der Waals surface area contributed by atoms with Gasteiger partial charge in [-0.2, -0.15) is 0 Å². The summed E-state index contributed by atoms with van der Waals surface area (Å²) in [4.78, 5) is 0. The van der Waals surface area contributed by atoms with Crippen molar-refractivity contribution >= 4 is 12.4 Å². The van der Waals surface area contributed by atoms with Crippen LogP contribution in [0.15, 0.2) is 0 Å². The van der Waals surface area contributed by atoms with Crippen molar-refractivity contribution in [2.24, 2.45) is 5.41 Å². The van der Waals surface area contributed by atoms with Gasteiger partial charge in [-0.05, 0) is 24.8 Å². The summed E-state index contributed by atoms with van der Waals surface area (Å²) in [7, 11) is 0. The first kappa shape index (κ1) is 11.2. The Morgan fingerprint density at radius 2 is 2.09 bits per heavy atom. The Kier molecular flexibility index (Phi) is 4.42. The smallest absolute Gasteiger partial charge is 0.0118 e. The standard InChI is InChI=1S/C9H19N.ClH/c1-4-10-8-6-5-7-9(8,2)3;/h8,10H,4-7H2,1-3H3;1H. The van der Waals surface area contributed by atoms with Crippen molar-refractivity contribution in [1.29, 1.82) is 0 Å². The summed E-state index contributed by atoms with van der Waals surface area (Å²) in [6, 6.07) is 0.775. The van der Waals surface area contributed by atoms with Gasteiger partial charge in [0.05, 0.1) is 0 Å². The minimum absolute atomic E-state index is 0. The van der Waals surface area contributed by atoms with E-state index in [-0.39, 0.29) is 12.4 Å². The molecule has 0 radical (unpaired) electrons. The maximum Gasteiger partial charge on any atom is 0.0118 e. The minimum Gasteiger partial charge on any atom is -0.314 e. The van der Waals surface area contributed by atoms with Crippen molar-refractivity contribution in [3.8, 4) is 0 Å². The molecule has 1 rings (SSSR count). The first-order valence-electron chi connectivity index (χ1n) is 4.40. The molecule has 0 aromatic rings. The fourth-order valence-electron chi connectivity index (χ4n) is 1.95. The molecule has 0 bridgehead atoms. The molecule has 11 heavy (non-hydrogen) atoms. The monoisotopic (exact) mass is 177 g/mol. The molecule has 0 aromatic carbocycles. The number of nitrogens with one attached hydrogen (secondary N) is 1. The zero-order valence-corrected chi connectivity index (χ0v) is 8.63. The summed E-state index contributed by atoms with van der Waals surface area (Å²) in [6.07, 6.45) is 4.18. The molecule has 68 valence electrons. The third-order valence-corrected chi connectivity index (χ3v) is 2.71. The lowest BCUT2D eigenvalue weighted by Gasteiger charge is -2.27. The SMILES string of the molecule is CCNC1CCCC1(C)C.Cl. The van der Waals surface area contributed by atoms with Crippen molar-refractivity contribution < 1.29 is 0 Å². The van der Waals surface area contributed by atoms with E-state index in [1.54, 1.807) is 0 Å². The molecule has 0 heterocycles. The molecule has 1 atom stereocenters. The van der Waals surface area contributed by atoms with Crippen molar-refractivity contribution in [3.05, 3.63) is 0 Å². The second-order valence-electron chi connectivity index (χ2n) is 3.99. The third-order valence-electron chi connectivity index (χ3n) is 2.71. The highest BCUT2D eigenvalue weighted by Gasteiger charge is 2.33. The Hall–Kier alpha value is 0.250. The van der Waals surface area contributed by atoms with E-state index in [0.29, 0.717) is 5.41 Å². The molecular formula is C9H20ClN. The van der Waals surface area contributed by atoms with Gasteiger partial charge in [0.25, 0.3) is 0 Å². The molecule has 1 aliphatic rings. The van der Waals surface area contributed by atoms with Crippen LogP contribution in [-0.4, -0.2) is 12.6 Å². The van der Waals surface area contributed by atoms with Gasteiger partial charge in [-0.3, -0.25) is 0 Å². The molecule has 0 saturated heterocycles. The molecule has 1 unspecified atom stereocenters. The Bertz CT molecular complexity index is 112. The van der Waals surface area contributed by atoms with Crippen LogP contribution in [0.5, 0.6) is 0 Å². The number of rotatable bonds is 2. The van der Waals surface area contributed by atoms with Crippen molar-refractivity contribution in [1.82, 2.24) is 5.32 Å². The molecule has 0 aliphatic heterocycles. The van der Waals surface area contributed by atoms with Crippen LogP contribution in [0.2, 0.25) is 0 Å². The normalized spacial score (nSPS) is 28.1. The summed E-state index contributed by atoms with van der Waals surface area (Å²) in [5, 5.41) is 3.53. The van der Waals surface area contributed by atoms with Gasteiger partial charge in [-0.25, -0.2) is 0 Å². The third kappa shape index (κ3) is 2.64. The zero-order valence-electron chi connectivity index (χ0n) is 7.81. The van der Waals surface area contributed by atoms with Crippen molar-refractivity contribution in [2.45, 2.75) is 46.1 Å². The van der Waals surface area contributed by atoms with Gasteiger partial charge in [0.15, 0.2) is 0 Å². The minimum atomic E-state index is 0. The second kappa shape index (κ2) is 4.32. The highest BCUT2D eigenvalue weighted by molar-refractivity contribution is 5.85. The van der Waals surface area contributed by atoms with Gasteiger partial charge >= 0.3 is 0 Å². The van der Waals surface area contributed by atoms with Crippen molar-refractivity contribution in [2.75, 3.05) is 6.54 Å². The Labute approximate surface area is 76.4 Å². The largest absolute Gasteiger partial charge is 0.314 e. The van der Waals surface area contributed by atoms with E-state index in [0.717, 1.165) is 12.6 Å². The molecular weight excluding hydrogens is 158 g/mol. The van der Waals surface area contributed by atoms with E-state index in [1.807, 2.05) is 0 Å². The summed E-state index contributed by atoms with van der Waals surface area (Å²) in [5.74, 6) is 0. The average molecular weight is 178 g/mol. The fourth-order valence-corrected chi connectivity index (χ4v) is 1.95. The predicted molar refractivity (Wildman–Crippen MR) is 52.3 cm³/mol. The summed E-state index contributed by atoms with van der Waals surface area (Å²) < 4.78 is 0. The molecule has 0 spiro atoms. The van der Waals surface area contributed by atoms with Gasteiger partial charge in [0.1, 0.15) is 0 Å². The lowest BCUT2D eigenvalue weighted by molar-refractivity contribution is 0.288. The Morgan fingerprint density at radius 3 is 2.45 bits per heavy atom. The van der Waals surface area contributed by atoms with Crippen LogP contribution in [0.25, 0.3) is 0 Å². The summed E-state index contributed by atoms with van der Waals surface area (Å²) in [6.45, 7) is 8.04. The van der Waals surface area contributed by atoms with Crippen LogP contribution in [0, 0.1) is 5.41 Å². The van der Waals surface area contributed by atoms with Crippen LogP contribution in [0.3, 0.4) is 0 Å². The van der Waals surface area contributed by atoms with Crippen LogP contribution in [0.1, 0.15) is 40.0 Å². The predicted octanol–water partition coefficient (Wildman–Crippen LogP) is 2.60. The van der Waals surface area contributed by atoms with E-state index < -0.39 is 0 Å². The molecule has 1 saturated carbocycles. The van der Waals surface area contributed by atoms with E-state index in [9.17, 15) is 0 Å². The molecule has 1 aliphatic carbocycles. The number of hydrogen-bond donors (Lipinski definition) is 1. The highest BCUT2D eigenvalue weighted by atomic mass is 35.5. The highest BCUT2D eigenvalue weighted by Crippen LogP contribution is 2.36. The fraction of sp³-hybridized carbons (Fsp3) is 1.00. The molecule has 1 fully saturated rings.